The van der Waals surface area contributed by atoms with E-state index in [0.29, 0.717) is 29.2 Å². The molecule has 1 saturated carbocycles. The number of halogens is 3. The molecule has 0 aromatic heterocycles. The number of amides is 2. The van der Waals surface area contributed by atoms with Crippen LogP contribution >= 0.6 is 23.2 Å². The summed E-state index contributed by atoms with van der Waals surface area (Å²) in [6.07, 6.45) is 4.48. The summed E-state index contributed by atoms with van der Waals surface area (Å²) in [6, 6.07) is 8.08. The summed E-state index contributed by atoms with van der Waals surface area (Å²) < 4.78 is 25.4. The minimum atomic E-state index is -1.08. The van der Waals surface area contributed by atoms with Gasteiger partial charge in [-0.1, -0.05) is 29.3 Å². The summed E-state index contributed by atoms with van der Waals surface area (Å²) in [5, 5.41) is 14.9. The summed E-state index contributed by atoms with van der Waals surface area (Å²) >= 11 is 12.5. The number of hydrogen-bond donors (Lipinski definition) is 2. The molecule has 0 spiro atoms. The van der Waals surface area contributed by atoms with Gasteiger partial charge in [-0.2, -0.15) is 5.26 Å². The van der Waals surface area contributed by atoms with Crippen molar-refractivity contribution in [2.24, 2.45) is 0 Å². The normalized spacial score (nSPS) is 19.1. The van der Waals surface area contributed by atoms with Crippen molar-refractivity contribution < 1.29 is 23.5 Å². The molecule has 2 N–H and O–H groups in total. The molecular weight excluding hydrogens is 484 g/mol. The molecule has 1 fully saturated rings. The molecule has 176 valence electrons. The van der Waals surface area contributed by atoms with Gasteiger partial charge in [0.15, 0.2) is 5.75 Å². The molecule has 0 radical (unpaired) electrons. The highest BCUT2D eigenvalue weighted by atomic mass is 35.5. The zero-order valence-corrected chi connectivity index (χ0v) is 19.4. The molecule has 10 heteroatoms. The molecule has 2 aromatic rings. The van der Waals surface area contributed by atoms with Crippen LogP contribution in [-0.2, 0) is 11.2 Å². The standard InChI is InChI=1S/C24H20Cl2FN3O4/c25-17-9-14-3-4-20(17)33-7-1-2-8-34-21-16(11-15(27)12-18(21)26)22(31)29-19(10-14)23(32)30-24(13-28)5-6-24/h1-4,9,11-12,19H,5-8,10H2,(H,29,31)(H,30,32). The van der Waals surface area contributed by atoms with Crippen molar-refractivity contribution in [2.75, 3.05) is 13.2 Å². The monoisotopic (exact) mass is 503 g/mol. The molecular formula is C24H20Cl2FN3O4. The average Bonchev–Trinajstić information content (AvgIpc) is 3.56. The molecule has 2 amide bonds. The molecule has 7 nitrogen and oxygen atoms in total. The van der Waals surface area contributed by atoms with Crippen molar-refractivity contribution in [3.8, 4) is 17.6 Å². The molecule has 1 unspecified atom stereocenters. The quantitative estimate of drug-likeness (QED) is 0.603. The van der Waals surface area contributed by atoms with E-state index in [1.807, 2.05) is 0 Å². The lowest BCUT2D eigenvalue weighted by Gasteiger charge is -2.22. The number of nitriles is 1. The molecule has 3 aliphatic rings. The summed E-state index contributed by atoms with van der Waals surface area (Å²) in [5.41, 5.74) is -0.444. The number of nitrogens with zero attached hydrogens (tertiary/aromatic N) is 1. The van der Waals surface area contributed by atoms with Crippen molar-refractivity contribution in [1.82, 2.24) is 10.6 Å². The summed E-state index contributed by atoms with van der Waals surface area (Å²) in [7, 11) is 0. The topological polar surface area (TPSA) is 100 Å². The molecule has 1 atom stereocenters. The van der Waals surface area contributed by atoms with Crippen LogP contribution in [0.1, 0.15) is 28.8 Å². The maximum atomic E-state index is 14.1. The van der Waals surface area contributed by atoms with E-state index >= 15 is 0 Å². The number of carbonyl (C=O) groups is 2. The maximum absolute atomic E-state index is 14.1. The van der Waals surface area contributed by atoms with Crippen molar-refractivity contribution >= 4 is 35.0 Å². The largest absolute Gasteiger partial charge is 0.488 e. The highest BCUT2D eigenvalue weighted by Crippen LogP contribution is 2.35. The van der Waals surface area contributed by atoms with Gasteiger partial charge in [-0.3, -0.25) is 9.59 Å². The minimum Gasteiger partial charge on any atom is -0.488 e. The number of fused-ring (bicyclic) bond motifs is 9. The van der Waals surface area contributed by atoms with Gasteiger partial charge in [-0.05, 0) is 54.8 Å². The minimum absolute atomic E-state index is 0.0144. The number of nitrogens with one attached hydrogen (secondary N) is 2. The van der Waals surface area contributed by atoms with E-state index in [9.17, 15) is 19.2 Å². The van der Waals surface area contributed by atoms with Crippen LogP contribution in [-0.4, -0.2) is 36.6 Å². The predicted molar refractivity (Wildman–Crippen MR) is 124 cm³/mol. The Bertz CT molecular complexity index is 1210. The molecule has 34 heavy (non-hydrogen) atoms. The fraction of sp³-hybridized carbons (Fsp3) is 0.292. The van der Waals surface area contributed by atoms with Crippen LogP contribution in [0.3, 0.4) is 0 Å². The Labute approximate surface area is 205 Å². The van der Waals surface area contributed by atoms with Gasteiger partial charge in [0.25, 0.3) is 5.91 Å². The fourth-order valence-corrected chi connectivity index (χ4v) is 3.98. The zero-order chi connectivity index (χ0) is 24.3. The molecule has 2 bridgehead atoms. The van der Waals surface area contributed by atoms with Crippen LogP contribution in [0, 0.1) is 17.1 Å². The fourth-order valence-electron chi connectivity index (χ4n) is 3.46. The second-order valence-electron chi connectivity index (χ2n) is 8.04. The Kier molecular flexibility index (Phi) is 6.96. The van der Waals surface area contributed by atoms with Crippen molar-refractivity contribution in [2.45, 2.75) is 30.8 Å². The van der Waals surface area contributed by atoms with E-state index in [1.54, 1.807) is 30.4 Å². The van der Waals surface area contributed by atoms with Crippen molar-refractivity contribution in [1.29, 1.82) is 5.26 Å². The van der Waals surface area contributed by atoms with Crippen LogP contribution in [0.2, 0.25) is 10.0 Å². The van der Waals surface area contributed by atoms with Gasteiger partial charge in [0.05, 0.1) is 21.7 Å². The third-order valence-corrected chi connectivity index (χ3v) is 6.04. The predicted octanol–water partition coefficient (Wildman–Crippen LogP) is 3.97. The lowest BCUT2D eigenvalue weighted by atomic mass is 10.0. The smallest absolute Gasteiger partial charge is 0.255 e. The van der Waals surface area contributed by atoms with Gasteiger partial charge in [0.2, 0.25) is 5.91 Å². The Morgan fingerprint density at radius 2 is 1.88 bits per heavy atom. The number of hydrogen-bond acceptors (Lipinski definition) is 5. The number of benzene rings is 2. The van der Waals surface area contributed by atoms with Gasteiger partial charge in [0.1, 0.15) is 36.4 Å². The number of carbonyl (C=O) groups excluding carboxylic acids is 2. The van der Waals surface area contributed by atoms with E-state index < -0.39 is 29.2 Å². The Balaban J connectivity index is 1.70. The molecule has 2 aliphatic heterocycles. The Morgan fingerprint density at radius 1 is 1.15 bits per heavy atom. The van der Waals surface area contributed by atoms with Gasteiger partial charge >= 0.3 is 0 Å². The first kappa shape index (κ1) is 23.9. The van der Waals surface area contributed by atoms with E-state index in [2.05, 4.69) is 16.7 Å². The first-order valence-corrected chi connectivity index (χ1v) is 11.3. The highest BCUT2D eigenvalue weighted by molar-refractivity contribution is 6.33. The second-order valence-corrected chi connectivity index (χ2v) is 8.85. The first-order valence-electron chi connectivity index (χ1n) is 10.5. The Hall–Kier alpha value is -3.28. The maximum Gasteiger partial charge on any atom is 0.255 e. The average molecular weight is 504 g/mol. The molecule has 0 saturated heterocycles. The number of rotatable bonds is 2. The molecule has 2 heterocycles. The van der Waals surface area contributed by atoms with E-state index in [4.69, 9.17) is 32.7 Å². The second kappa shape index (κ2) is 9.92. The zero-order valence-electron chi connectivity index (χ0n) is 17.9. The lowest BCUT2D eigenvalue weighted by molar-refractivity contribution is -0.123. The van der Waals surface area contributed by atoms with Gasteiger partial charge < -0.3 is 20.1 Å². The third kappa shape index (κ3) is 5.44. The summed E-state index contributed by atoms with van der Waals surface area (Å²) in [5.74, 6) is -1.58. The van der Waals surface area contributed by atoms with E-state index in [0.717, 1.165) is 12.1 Å². The van der Waals surface area contributed by atoms with Crippen LogP contribution < -0.4 is 20.1 Å². The van der Waals surface area contributed by atoms with Crippen LogP contribution in [0.25, 0.3) is 0 Å². The van der Waals surface area contributed by atoms with Gasteiger partial charge in [-0.15, -0.1) is 0 Å². The first-order chi connectivity index (χ1) is 16.3. The highest BCUT2D eigenvalue weighted by Gasteiger charge is 2.45. The van der Waals surface area contributed by atoms with Gasteiger partial charge in [0, 0.05) is 6.42 Å². The van der Waals surface area contributed by atoms with E-state index in [1.165, 1.54) is 0 Å². The number of ether oxygens (including phenoxy) is 2. The van der Waals surface area contributed by atoms with Crippen LogP contribution in [0.4, 0.5) is 4.39 Å². The van der Waals surface area contributed by atoms with Crippen molar-refractivity contribution in [3.05, 3.63) is 69.5 Å². The third-order valence-electron chi connectivity index (χ3n) is 5.46. The van der Waals surface area contributed by atoms with Crippen LogP contribution in [0.5, 0.6) is 11.5 Å². The van der Waals surface area contributed by atoms with E-state index in [-0.39, 0.29) is 36.0 Å². The Morgan fingerprint density at radius 3 is 2.56 bits per heavy atom. The molecule has 5 rings (SSSR count). The lowest BCUT2D eigenvalue weighted by Crippen LogP contribution is -2.51. The molecule has 1 aliphatic carbocycles. The molecule has 2 aromatic carbocycles. The summed E-state index contributed by atoms with van der Waals surface area (Å²) in [4.78, 5) is 26.2. The van der Waals surface area contributed by atoms with Gasteiger partial charge in [-0.25, -0.2) is 4.39 Å². The summed E-state index contributed by atoms with van der Waals surface area (Å²) in [6.45, 7) is 0.254. The van der Waals surface area contributed by atoms with Crippen molar-refractivity contribution in [3.63, 3.8) is 0 Å². The van der Waals surface area contributed by atoms with Crippen LogP contribution in [0.15, 0.2) is 42.5 Å². The SMILES string of the molecule is N#CC1(NC(=O)C2Cc3ccc(c(Cl)c3)OCC=CCOc3c(Cl)cc(F)cc3C(=O)N2)CC1.